The first-order chi connectivity index (χ1) is 10.2. The number of rotatable bonds is 4. The molecule has 0 aromatic carbocycles. The van der Waals surface area contributed by atoms with E-state index >= 15 is 0 Å². The molecule has 3 aromatic rings. The van der Waals surface area contributed by atoms with Crippen LogP contribution >= 0.6 is 11.6 Å². The van der Waals surface area contributed by atoms with Crippen LogP contribution < -0.4 is 0 Å². The van der Waals surface area contributed by atoms with Crippen LogP contribution in [0.1, 0.15) is 16.4 Å². The fourth-order valence-electron chi connectivity index (χ4n) is 1.58. The molecule has 0 aliphatic carbocycles. The van der Waals surface area contributed by atoms with Gasteiger partial charge in [0.05, 0.1) is 0 Å². The summed E-state index contributed by atoms with van der Waals surface area (Å²) in [5.74, 6) is 0.764. The van der Waals surface area contributed by atoms with Gasteiger partial charge in [0.15, 0.2) is 12.1 Å². The van der Waals surface area contributed by atoms with Crippen molar-refractivity contribution in [1.82, 2.24) is 29.9 Å². The van der Waals surface area contributed by atoms with Crippen LogP contribution in [0.5, 0.6) is 0 Å². The number of carbonyl (C=O) groups is 1. The normalized spacial score (nSPS) is 11.1. The standard InChI is InChI=1S/C12H7ClN6O2/c13-10-4-8(3-9(5-20)16-10)12-14-6-19(18-12)2-1-11-17-15-7-21-11/h1-7H/b2-1-. The largest absolute Gasteiger partial charge is 0.424 e. The topological polar surface area (TPSA) is 99.6 Å². The van der Waals surface area contributed by atoms with E-state index < -0.39 is 0 Å². The van der Waals surface area contributed by atoms with Crippen LogP contribution in [0.15, 0.2) is 29.3 Å². The van der Waals surface area contributed by atoms with E-state index in [0.29, 0.717) is 23.6 Å². The molecule has 21 heavy (non-hydrogen) atoms. The predicted octanol–water partition coefficient (Wildman–Crippen LogP) is 1.82. The highest BCUT2D eigenvalue weighted by Gasteiger charge is 2.07. The molecule has 0 amide bonds. The highest BCUT2D eigenvalue weighted by atomic mass is 35.5. The minimum atomic E-state index is 0.201. The number of hydrogen-bond donors (Lipinski definition) is 0. The lowest BCUT2D eigenvalue weighted by Gasteiger charge is -1.97. The summed E-state index contributed by atoms with van der Waals surface area (Å²) in [5.41, 5.74) is 0.817. The molecule has 104 valence electrons. The van der Waals surface area contributed by atoms with E-state index in [-0.39, 0.29) is 10.8 Å². The minimum absolute atomic E-state index is 0.201. The average Bonchev–Trinajstić information content (AvgIpc) is 3.15. The summed E-state index contributed by atoms with van der Waals surface area (Å²) in [7, 11) is 0. The number of nitrogens with zero attached hydrogens (tertiary/aromatic N) is 6. The second-order valence-electron chi connectivity index (χ2n) is 3.86. The molecule has 3 aromatic heterocycles. The average molecular weight is 303 g/mol. The van der Waals surface area contributed by atoms with Crippen molar-refractivity contribution < 1.29 is 9.21 Å². The quantitative estimate of drug-likeness (QED) is 0.535. The van der Waals surface area contributed by atoms with Crippen molar-refractivity contribution in [2.45, 2.75) is 0 Å². The highest BCUT2D eigenvalue weighted by molar-refractivity contribution is 6.29. The van der Waals surface area contributed by atoms with Gasteiger partial charge in [0.2, 0.25) is 12.3 Å². The Morgan fingerprint density at radius 1 is 1.33 bits per heavy atom. The summed E-state index contributed by atoms with van der Waals surface area (Å²) in [6.45, 7) is 0. The number of pyridine rings is 1. The Bertz CT molecular complexity index is 796. The lowest BCUT2D eigenvalue weighted by atomic mass is 10.2. The van der Waals surface area contributed by atoms with Crippen LogP contribution in [-0.2, 0) is 0 Å². The van der Waals surface area contributed by atoms with Crippen molar-refractivity contribution in [1.29, 1.82) is 0 Å². The van der Waals surface area contributed by atoms with E-state index in [1.807, 2.05) is 0 Å². The third-order valence-corrected chi connectivity index (χ3v) is 2.64. The summed E-state index contributed by atoms with van der Waals surface area (Å²) in [6.07, 6.45) is 6.53. The van der Waals surface area contributed by atoms with E-state index in [4.69, 9.17) is 16.0 Å². The van der Waals surface area contributed by atoms with Gasteiger partial charge in [-0.3, -0.25) is 4.79 Å². The zero-order valence-electron chi connectivity index (χ0n) is 10.4. The van der Waals surface area contributed by atoms with Crippen molar-refractivity contribution in [3.63, 3.8) is 0 Å². The van der Waals surface area contributed by atoms with Gasteiger partial charge in [-0.25, -0.2) is 14.6 Å². The first-order valence-electron chi connectivity index (χ1n) is 5.73. The molecule has 3 heterocycles. The summed E-state index contributed by atoms with van der Waals surface area (Å²) in [5, 5.41) is 11.7. The number of hydrogen-bond acceptors (Lipinski definition) is 7. The Balaban J connectivity index is 1.88. The van der Waals surface area contributed by atoms with Gasteiger partial charge in [0.25, 0.3) is 0 Å². The monoisotopic (exact) mass is 302 g/mol. The van der Waals surface area contributed by atoms with E-state index in [1.165, 1.54) is 17.4 Å². The molecule has 0 spiro atoms. The molecule has 0 bridgehead atoms. The van der Waals surface area contributed by atoms with Gasteiger partial charge < -0.3 is 4.42 Å². The Labute approximate surface area is 123 Å². The highest BCUT2D eigenvalue weighted by Crippen LogP contribution is 2.19. The Morgan fingerprint density at radius 2 is 2.24 bits per heavy atom. The van der Waals surface area contributed by atoms with Crippen LogP contribution in [0.25, 0.3) is 23.7 Å². The van der Waals surface area contributed by atoms with Gasteiger partial charge in [0, 0.05) is 17.8 Å². The maximum atomic E-state index is 10.8. The third-order valence-electron chi connectivity index (χ3n) is 2.45. The summed E-state index contributed by atoms with van der Waals surface area (Å²) in [4.78, 5) is 18.8. The number of aromatic nitrogens is 6. The van der Waals surface area contributed by atoms with E-state index in [9.17, 15) is 4.79 Å². The molecule has 0 radical (unpaired) electrons. The molecule has 0 fully saturated rings. The molecule has 0 unspecified atom stereocenters. The molecule has 9 heteroatoms. The van der Waals surface area contributed by atoms with Crippen LogP contribution in [0.2, 0.25) is 5.15 Å². The maximum Gasteiger partial charge on any atom is 0.241 e. The first kappa shape index (κ1) is 13.1. The molecule has 0 saturated carbocycles. The zero-order valence-corrected chi connectivity index (χ0v) is 11.2. The SMILES string of the molecule is O=Cc1cc(-c2ncn(/C=C\c3nnco3)n2)cc(Cl)n1. The molecule has 0 atom stereocenters. The van der Waals surface area contributed by atoms with E-state index in [2.05, 4.69) is 25.3 Å². The molecular formula is C12H7ClN6O2. The Kier molecular flexibility index (Phi) is 3.52. The smallest absolute Gasteiger partial charge is 0.241 e. The van der Waals surface area contributed by atoms with E-state index in [0.717, 1.165) is 0 Å². The molecule has 0 aliphatic rings. The van der Waals surface area contributed by atoms with Gasteiger partial charge in [-0.2, -0.15) is 0 Å². The fourth-order valence-corrected chi connectivity index (χ4v) is 1.80. The van der Waals surface area contributed by atoms with Gasteiger partial charge >= 0.3 is 0 Å². The van der Waals surface area contributed by atoms with Gasteiger partial charge in [0.1, 0.15) is 17.2 Å². The van der Waals surface area contributed by atoms with E-state index in [1.54, 1.807) is 24.4 Å². The molecular weight excluding hydrogens is 296 g/mol. The van der Waals surface area contributed by atoms with Crippen LogP contribution in [0.3, 0.4) is 0 Å². The van der Waals surface area contributed by atoms with Crippen molar-refractivity contribution in [3.8, 4) is 11.4 Å². The molecule has 3 rings (SSSR count). The van der Waals surface area contributed by atoms with Gasteiger partial charge in [-0.15, -0.1) is 15.3 Å². The van der Waals surface area contributed by atoms with Crippen LogP contribution in [-0.4, -0.2) is 36.2 Å². The molecule has 0 N–H and O–H groups in total. The van der Waals surface area contributed by atoms with Gasteiger partial charge in [-0.05, 0) is 12.1 Å². The zero-order chi connectivity index (χ0) is 14.7. The van der Waals surface area contributed by atoms with Crippen LogP contribution in [0, 0.1) is 0 Å². The molecule has 8 nitrogen and oxygen atoms in total. The van der Waals surface area contributed by atoms with Gasteiger partial charge in [-0.1, -0.05) is 11.6 Å². The van der Waals surface area contributed by atoms with Crippen LogP contribution in [0.4, 0.5) is 0 Å². The predicted molar refractivity (Wildman–Crippen MR) is 73.2 cm³/mol. The van der Waals surface area contributed by atoms with Crippen molar-refractivity contribution >= 4 is 30.2 Å². The first-order valence-corrected chi connectivity index (χ1v) is 6.11. The van der Waals surface area contributed by atoms with Crippen molar-refractivity contribution in [3.05, 3.63) is 41.6 Å². The van der Waals surface area contributed by atoms with Crippen molar-refractivity contribution in [2.75, 3.05) is 0 Å². The minimum Gasteiger partial charge on any atom is -0.424 e. The number of halogens is 1. The number of carbonyl (C=O) groups excluding carboxylic acids is 1. The summed E-state index contributed by atoms with van der Waals surface area (Å²) >= 11 is 5.84. The summed E-state index contributed by atoms with van der Waals surface area (Å²) < 4.78 is 6.42. The Morgan fingerprint density at radius 3 is 3.00 bits per heavy atom. The maximum absolute atomic E-state index is 10.8. The number of aldehydes is 1. The second kappa shape index (κ2) is 5.63. The molecule has 0 aliphatic heterocycles. The molecule has 0 saturated heterocycles. The lowest BCUT2D eigenvalue weighted by molar-refractivity contribution is 0.111. The lowest BCUT2D eigenvalue weighted by Crippen LogP contribution is -1.91. The second-order valence-corrected chi connectivity index (χ2v) is 4.25. The third kappa shape index (κ3) is 3.00. The Hall–Kier alpha value is -2.87. The fraction of sp³-hybridized carbons (Fsp3) is 0. The summed E-state index contributed by atoms with van der Waals surface area (Å²) in [6, 6.07) is 3.14. The van der Waals surface area contributed by atoms with Crippen molar-refractivity contribution in [2.24, 2.45) is 0 Å².